The van der Waals surface area contributed by atoms with Gasteiger partial charge in [-0.15, -0.1) is 0 Å². The van der Waals surface area contributed by atoms with Gasteiger partial charge in [-0.25, -0.2) is 0 Å². The molecule has 1 atom stereocenters. The lowest BCUT2D eigenvalue weighted by Gasteiger charge is -2.19. The third kappa shape index (κ3) is 4.24. The number of rotatable bonds is 8. The van der Waals surface area contributed by atoms with Gasteiger partial charge in [0.25, 0.3) is 0 Å². The summed E-state index contributed by atoms with van der Waals surface area (Å²) in [7, 11) is 0. The van der Waals surface area contributed by atoms with Gasteiger partial charge >= 0.3 is 0 Å². The van der Waals surface area contributed by atoms with Gasteiger partial charge in [0.15, 0.2) is 0 Å². The molecule has 1 N–H and O–H groups in total. The fourth-order valence-electron chi connectivity index (χ4n) is 2.40. The van der Waals surface area contributed by atoms with E-state index in [1.54, 1.807) is 0 Å². The second-order valence-electron chi connectivity index (χ2n) is 5.24. The summed E-state index contributed by atoms with van der Waals surface area (Å²) >= 11 is 0. The smallest absolute Gasteiger partial charge is 0.120 e. The van der Waals surface area contributed by atoms with Crippen LogP contribution in [-0.4, -0.2) is 19.2 Å². The average molecular weight is 271 g/mol. The summed E-state index contributed by atoms with van der Waals surface area (Å²) in [5.41, 5.74) is 0. The van der Waals surface area contributed by atoms with Crippen LogP contribution < -0.4 is 10.1 Å². The molecular formula is C18H25NO. The third-order valence-electron chi connectivity index (χ3n) is 3.43. The topological polar surface area (TPSA) is 21.3 Å². The summed E-state index contributed by atoms with van der Waals surface area (Å²) in [6.07, 6.45) is 3.65. The van der Waals surface area contributed by atoms with Crippen molar-refractivity contribution in [2.45, 2.75) is 39.2 Å². The van der Waals surface area contributed by atoms with Gasteiger partial charge in [-0.05, 0) is 42.3 Å². The van der Waals surface area contributed by atoms with Gasteiger partial charge in [-0.1, -0.05) is 50.6 Å². The highest BCUT2D eigenvalue weighted by atomic mass is 16.5. The maximum absolute atomic E-state index is 6.15. The Bertz CT molecular complexity index is 524. The Hall–Kier alpha value is -1.54. The minimum Gasteiger partial charge on any atom is -0.489 e. The van der Waals surface area contributed by atoms with Crippen LogP contribution in [0.4, 0.5) is 0 Å². The molecule has 20 heavy (non-hydrogen) atoms. The average Bonchev–Trinajstić information content (AvgIpc) is 2.47. The molecule has 2 rings (SSSR count). The number of ether oxygens (including phenoxy) is 1. The van der Waals surface area contributed by atoms with Crippen LogP contribution in [0.1, 0.15) is 33.1 Å². The van der Waals surface area contributed by atoms with Crippen LogP contribution in [0.5, 0.6) is 5.75 Å². The highest BCUT2D eigenvalue weighted by Gasteiger charge is 2.09. The van der Waals surface area contributed by atoms with E-state index in [1.807, 2.05) is 0 Å². The Morgan fingerprint density at radius 3 is 2.55 bits per heavy atom. The van der Waals surface area contributed by atoms with E-state index in [0.29, 0.717) is 0 Å². The van der Waals surface area contributed by atoms with Crippen LogP contribution >= 0.6 is 0 Å². The molecule has 0 saturated heterocycles. The summed E-state index contributed by atoms with van der Waals surface area (Å²) in [5.74, 6) is 0.973. The first-order valence-corrected chi connectivity index (χ1v) is 7.69. The van der Waals surface area contributed by atoms with Crippen molar-refractivity contribution in [1.82, 2.24) is 5.32 Å². The number of nitrogens with one attached hydrogen (secondary N) is 1. The van der Waals surface area contributed by atoms with E-state index in [-0.39, 0.29) is 6.10 Å². The molecule has 0 radical (unpaired) electrons. The zero-order valence-electron chi connectivity index (χ0n) is 12.6. The van der Waals surface area contributed by atoms with Crippen molar-refractivity contribution in [3.8, 4) is 5.75 Å². The van der Waals surface area contributed by atoms with E-state index < -0.39 is 0 Å². The Kier molecular flexibility index (Phi) is 5.87. The van der Waals surface area contributed by atoms with Gasteiger partial charge < -0.3 is 10.1 Å². The number of hydrogen-bond acceptors (Lipinski definition) is 2. The summed E-state index contributed by atoms with van der Waals surface area (Å²) in [6.45, 7) is 6.37. The van der Waals surface area contributed by atoms with E-state index in [1.165, 1.54) is 10.8 Å². The summed E-state index contributed by atoms with van der Waals surface area (Å²) in [4.78, 5) is 0. The van der Waals surface area contributed by atoms with Crippen molar-refractivity contribution >= 4 is 10.8 Å². The van der Waals surface area contributed by atoms with Crippen LogP contribution in [-0.2, 0) is 0 Å². The van der Waals surface area contributed by atoms with Gasteiger partial charge in [-0.3, -0.25) is 0 Å². The van der Waals surface area contributed by atoms with Crippen LogP contribution in [0.3, 0.4) is 0 Å². The maximum atomic E-state index is 6.15. The maximum Gasteiger partial charge on any atom is 0.120 e. The Morgan fingerprint density at radius 1 is 1.00 bits per heavy atom. The predicted octanol–water partition coefficient (Wildman–Crippen LogP) is 4.39. The summed E-state index contributed by atoms with van der Waals surface area (Å²) in [5, 5.41) is 5.95. The second kappa shape index (κ2) is 7.91. The molecule has 2 aromatic rings. The predicted molar refractivity (Wildman–Crippen MR) is 86.4 cm³/mol. The zero-order valence-corrected chi connectivity index (χ0v) is 12.6. The summed E-state index contributed by atoms with van der Waals surface area (Å²) < 4.78 is 6.15. The Labute approximate surface area is 122 Å². The van der Waals surface area contributed by atoms with Gasteiger partial charge in [-0.2, -0.15) is 0 Å². The lowest BCUT2D eigenvalue weighted by atomic mass is 10.1. The van der Waals surface area contributed by atoms with E-state index in [4.69, 9.17) is 4.74 Å². The van der Waals surface area contributed by atoms with Crippen LogP contribution in [0, 0.1) is 0 Å². The molecule has 2 heteroatoms. The highest BCUT2D eigenvalue weighted by Crippen LogP contribution is 2.22. The van der Waals surface area contributed by atoms with Crippen molar-refractivity contribution in [2.75, 3.05) is 13.1 Å². The molecule has 0 saturated carbocycles. The number of fused-ring (bicyclic) bond motifs is 1. The largest absolute Gasteiger partial charge is 0.489 e. The summed E-state index contributed by atoms with van der Waals surface area (Å²) in [6, 6.07) is 14.7. The molecule has 2 nitrogen and oxygen atoms in total. The van der Waals surface area contributed by atoms with E-state index in [0.717, 1.165) is 38.1 Å². The van der Waals surface area contributed by atoms with Gasteiger partial charge in [0.1, 0.15) is 11.9 Å². The normalized spacial score (nSPS) is 12.5. The van der Waals surface area contributed by atoms with Crippen molar-refractivity contribution in [1.29, 1.82) is 0 Å². The molecule has 0 aliphatic heterocycles. The fraction of sp³-hybridized carbons (Fsp3) is 0.444. The van der Waals surface area contributed by atoms with Gasteiger partial charge in [0.2, 0.25) is 0 Å². The van der Waals surface area contributed by atoms with Crippen molar-refractivity contribution in [2.24, 2.45) is 0 Å². The first-order valence-electron chi connectivity index (χ1n) is 7.69. The Morgan fingerprint density at radius 2 is 1.80 bits per heavy atom. The first-order chi connectivity index (χ1) is 9.83. The second-order valence-corrected chi connectivity index (χ2v) is 5.24. The SMILES string of the molecule is CCCNCC(CCC)Oc1ccc2ccccc2c1. The standard InChI is InChI=1S/C18H25NO/c1-3-7-18(14-19-12-4-2)20-17-11-10-15-8-5-6-9-16(15)13-17/h5-6,8-11,13,18-19H,3-4,7,12,14H2,1-2H3. The molecule has 0 aromatic heterocycles. The molecule has 1 unspecified atom stereocenters. The zero-order chi connectivity index (χ0) is 14.2. The van der Waals surface area contributed by atoms with E-state index in [2.05, 4.69) is 61.6 Å². The van der Waals surface area contributed by atoms with E-state index >= 15 is 0 Å². The molecule has 108 valence electrons. The molecule has 0 bridgehead atoms. The molecule has 0 fully saturated rings. The molecule has 0 aliphatic carbocycles. The highest BCUT2D eigenvalue weighted by molar-refractivity contribution is 5.83. The molecule has 0 amide bonds. The molecule has 0 heterocycles. The van der Waals surface area contributed by atoms with Crippen LogP contribution in [0.15, 0.2) is 42.5 Å². The minimum absolute atomic E-state index is 0.257. The van der Waals surface area contributed by atoms with Gasteiger partial charge in [0, 0.05) is 6.54 Å². The third-order valence-corrected chi connectivity index (χ3v) is 3.43. The molecule has 2 aromatic carbocycles. The van der Waals surface area contributed by atoms with Crippen LogP contribution in [0.2, 0.25) is 0 Å². The van der Waals surface area contributed by atoms with Gasteiger partial charge in [0.05, 0.1) is 0 Å². The monoisotopic (exact) mass is 271 g/mol. The number of benzene rings is 2. The van der Waals surface area contributed by atoms with E-state index in [9.17, 15) is 0 Å². The Balaban J connectivity index is 2.03. The lowest BCUT2D eigenvalue weighted by Crippen LogP contribution is -2.31. The lowest BCUT2D eigenvalue weighted by molar-refractivity contribution is 0.187. The fourth-order valence-corrected chi connectivity index (χ4v) is 2.40. The molecular weight excluding hydrogens is 246 g/mol. The van der Waals surface area contributed by atoms with Crippen molar-refractivity contribution < 1.29 is 4.74 Å². The van der Waals surface area contributed by atoms with Crippen LogP contribution in [0.25, 0.3) is 10.8 Å². The quantitative estimate of drug-likeness (QED) is 0.719. The first kappa shape index (κ1) is 14.9. The molecule has 0 aliphatic rings. The molecule has 0 spiro atoms. The van der Waals surface area contributed by atoms with Crippen molar-refractivity contribution in [3.63, 3.8) is 0 Å². The van der Waals surface area contributed by atoms with Crippen molar-refractivity contribution in [3.05, 3.63) is 42.5 Å². The number of hydrogen-bond donors (Lipinski definition) is 1. The minimum atomic E-state index is 0.257.